The molecule has 2 aromatic heterocycles. The number of aryl methyl sites for hydroxylation is 1. The minimum absolute atomic E-state index is 0.143. The molecule has 1 aliphatic heterocycles. The second-order valence-electron chi connectivity index (χ2n) is 10.1. The number of nitrogens with one attached hydrogen (secondary N) is 1. The minimum Gasteiger partial charge on any atom is -0.492 e. The average Bonchev–Trinajstić information content (AvgIpc) is 3.22. The van der Waals surface area contributed by atoms with Gasteiger partial charge in [0.05, 0.1) is 24.2 Å². The molecule has 36 heavy (non-hydrogen) atoms. The van der Waals surface area contributed by atoms with Crippen molar-refractivity contribution in [3.05, 3.63) is 24.0 Å². The normalized spacial score (nSPS) is 14.9. The van der Waals surface area contributed by atoms with E-state index in [2.05, 4.69) is 20.4 Å². The number of fused-ring (bicyclic) bond motifs is 3. The van der Waals surface area contributed by atoms with E-state index in [0.29, 0.717) is 24.5 Å². The number of hydrogen-bond acceptors (Lipinski definition) is 9. The number of unbranched alkanes of at least 4 members (excludes halogenated alkanes) is 2. The van der Waals surface area contributed by atoms with E-state index in [-0.39, 0.29) is 5.97 Å². The highest BCUT2D eigenvalue weighted by molar-refractivity contribution is 5.84. The summed E-state index contributed by atoms with van der Waals surface area (Å²) in [6, 6.07) is 5.95. The van der Waals surface area contributed by atoms with E-state index in [1.807, 2.05) is 50.3 Å². The Labute approximate surface area is 212 Å². The number of carbonyl (C=O) groups is 1. The Kier molecular flexibility index (Phi) is 8.58. The Bertz CT molecular complexity index is 1170. The second-order valence-corrected chi connectivity index (χ2v) is 10.1. The third-order valence-corrected chi connectivity index (χ3v) is 6.01. The molecular formula is C26H38N6O4. The van der Waals surface area contributed by atoms with Crippen LogP contribution in [0.2, 0.25) is 0 Å². The Morgan fingerprint density at radius 2 is 1.94 bits per heavy atom. The van der Waals surface area contributed by atoms with Crippen molar-refractivity contribution in [3.8, 4) is 5.75 Å². The van der Waals surface area contributed by atoms with Crippen molar-refractivity contribution in [1.29, 1.82) is 0 Å². The first-order valence-corrected chi connectivity index (χ1v) is 12.8. The molecular weight excluding hydrogens is 460 g/mol. The van der Waals surface area contributed by atoms with E-state index in [1.165, 1.54) is 0 Å². The van der Waals surface area contributed by atoms with Gasteiger partial charge in [0.25, 0.3) is 0 Å². The van der Waals surface area contributed by atoms with E-state index in [1.54, 1.807) is 0 Å². The van der Waals surface area contributed by atoms with Gasteiger partial charge in [-0.3, -0.25) is 14.1 Å². The van der Waals surface area contributed by atoms with Crippen LogP contribution in [0.3, 0.4) is 0 Å². The van der Waals surface area contributed by atoms with Crippen LogP contribution in [0.25, 0.3) is 16.7 Å². The smallest absolute Gasteiger partial charge is 0.306 e. The third-order valence-electron chi connectivity index (χ3n) is 6.01. The molecule has 0 atom stereocenters. The number of morpholine rings is 1. The zero-order valence-electron chi connectivity index (χ0n) is 21.9. The molecule has 0 spiro atoms. The Morgan fingerprint density at radius 3 is 2.72 bits per heavy atom. The van der Waals surface area contributed by atoms with Crippen molar-refractivity contribution in [3.63, 3.8) is 0 Å². The summed E-state index contributed by atoms with van der Waals surface area (Å²) in [7, 11) is 0. The van der Waals surface area contributed by atoms with Crippen LogP contribution in [0.5, 0.6) is 5.75 Å². The van der Waals surface area contributed by atoms with Crippen molar-refractivity contribution in [2.75, 3.05) is 51.3 Å². The molecule has 0 bridgehead atoms. The van der Waals surface area contributed by atoms with Crippen molar-refractivity contribution >= 4 is 28.5 Å². The SMILES string of the molecule is Cc1nnc2c(NCCCCCC(=O)OC(C)(C)C)nc3cc(OCCN4CCOCC4)ccc3n12. The number of esters is 1. The molecule has 4 rings (SSSR count). The number of anilines is 1. The Hall–Kier alpha value is -2.98. The summed E-state index contributed by atoms with van der Waals surface area (Å²) >= 11 is 0. The number of carbonyl (C=O) groups excluding carboxylic acids is 1. The molecule has 10 heteroatoms. The minimum atomic E-state index is -0.435. The lowest BCUT2D eigenvalue weighted by molar-refractivity contribution is -0.154. The molecule has 0 amide bonds. The fourth-order valence-corrected chi connectivity index (χ4v) is 4.25. The van der Waals surface area contributed by atoms with Gasteiger partial charge in [-0.15, -0.1) is 10.2 Å². The predicted octanol–water partition coefficient (Wildman–Crippen LogP) is 3.61. The van der Waals surface area contributed by atoms with Crippen molar-refractivity contribution < 1.29 is 19.0 Å². The molecule has 0 unspecified atom stereocenters. The molecule has 196 valence electrons. The largest absolute Gasteiger partial charge is 0.492 e. The van der Waals surface area contributed by atoms with Crippen molar-refractivity contribution in [2.45, 2.75) is 59.0 Å². The topological polar surface area (TPSA) is 103 Å². The maximum atomic E-state index is 11.9. The first kappa shape index (κ1) is 26.1. The van der Waals surface area contributed by atoms with Gasteiger partial charge in [-0.1, -0.05) is 6.42 Å². The van der Waals surface area contributed by atoms with E-state index in [4.69, 9.17) is 19.2 Å². The van der Waals surface area contributed by atoms with Gasteiger partial charge in [-0.05, 0) is 52.7 Å². The Morgan fingerprint density at radius 1 is 1.14 bits per heavy atom. The monoisotopic (exact) mass is 498 g/mol. The van der Waals surface area contributed by atoms with Crippen LogP contribution < -0.4 is 10.1 Å². The van der Waals surface area contributed by atoms with Gasteiger partial charge < -0.3 is 19.5 Å². The molecule has 1 saturated heterocycles. The molecule has 0 saturated carbocycles. The van der Waals surface area contributed by atoms with Crippen LogP contribution in [-0.2, 0) is 14.3 Å². The third kappa shape index (κ3) is 7.04. The van der Waals surface area contributed by atoms with Gasteiger partial charge in [0, 0.05) is 38.7 Å². The van der Waals surface area contributed by atoms with Gasteiger partial charge in [0.2, 0.25) is 5.65 Å². The summed E-state index contributed by atoms with van der Waals surface area (Å²) in [6.45, 7) is 13.3. The molecule has 1 aromatic carbocycles. The van der Waals surface area contributed by atoms with Crippen LogP contribution >= 0.6 is 0 Å². The van der Waals surface area contributed by atoms with Gasteiger partial charge in [-0.2, -0.15) is 0 Å². The van der Waals surface area contributed by atoms with Crippen molar-refractivity contribution in [1.82, 2.24) is 24.5 Å². The van der Waals surface area contributed by atoms with E-state index in [9.17, 15) is 4.79 Å². The quantitative estimate of drug-likeness (QED) is 0.314. The van der Waals surface area contributed by atoms with Crippen LogP contribution in [0, 0.1) is 6.92 Å². The number of aromatic nitrogens is 4. The first-order chi connectivity index (χ1) is 17.3. The van der Waals surface area contributed by atoms with Crippen LogP contribution in [-0.4, -0.2) is 82.1 Å². The fourth-order valence-electron chi connectivity index (χ4n) is 4.25. The van der Waals surface area contributed by atoms with Crippen LogP contribution in [0.4, 0.5) is 5.82 Å². The number of rotatable bonds is 11. The number of hydrogen-bond donors (Lipinski definition) is 1. The van der Waals surface area contributed by atoms with E-state index >= 15 is 0 Å². The molecule has 0 radical (unpaired) electrons. The highest BCUT2D eigenvalue weighted by Gasteiger charge is 2.16. The summed E-state index contributed by atoms with van der Waals surface area (Å²) in [6.07, 6.45) is 3.06. The summed E-state index contributed by atoms with van der Waals surface area (Å²) < 4.78 is 18.8. The highest BCUT2D eigenvalue weighted by atomic mass is 16.6. The van der Waals surface area contributed by atoms with Gasteiger partial charge in [0.15, 0.2) is 5.82 Å². The first-order valence-electron chi connectivity index (χ1n) is 12.8. The number of ether oxygens (including phenoxy) is 3. The van der Waals surface area contributed by atoms with Crippen LogP contribution in [0.15, 0.2) is 18.2 Å². The zero-order chi connectivity index (χ0) is 25.5. The lowest BCUT2D eigenvalue weighted by Gasteiger charge is -2.26. The molecule has 1 N–H and O–H groups in total. The van der Waals surface area contributed by atoms with Crippen molar-refractivity contribution in [2.24, 2.45) is 0 Å². The zero-order valence-corrected chi connectivity index (χ0v) is 21.9. The predicted molar refractivity (Wildman–Crippen MR) is 139 cm³/mol. The molecule has 0 aliphatic carbocycles. The van der Waals surface area contributed by atoms with Gasteiger partial charge >= 0.3 is 5.97 Å². The second kappa shape index (κ2) is 11.8. The van der Waals surface area contributed by atoms with Gasteiger partial charge in [-0.25, -0.2) is 4.98 Å². The lowest BCUT2D eigenvalue weighted by atomic mass is 10.1. The molecule has 3 heterocycles. The van der Waals surface area contributed by atoms with E-state index in [0.717, 1.165) is 81.3 Å². The fraction of sp³-hybridized carbons (Fsp3) is 0.615. The average molecular weight is 499 g/mol. The highest BCUT2D eigenvalue weighted by Crippen LogP contribution is 2.25. The molecule has 1 fully saturated rings. The Balaban J connectivity index is 1.35. The summed E-state index contributed by atoms with van der Waals surface area (Å²) in [4.78, 5) is 19.1. The summed E-state index contributed by atoms with van der Waals surface area (Å²) in [5.41, 5.74) is 2.03. The summed E-state index contributed by atoms with van der Waals surface area (Å²) in [5, 5.41) is 12.0. The van der Waals surface area contributed by atoms with Gasteiger partial charge in [0.1, 0.15) is 23.8 Å². The molecule has 3 aromatic rings. The maximum Gasteiger partial charge on any atom is 0.306 e. The molecule has 1 aliphatic rings. The standard InChI is InChI=1S/C26H38N6O4/c1-19-29-30-25-24(27-11-7-5-6-8-23(33)36-26(2,3)4)28-21-18-20(9-10-22(21)32(19)25)35-17-14-31-12-15-34-16-13-31/h9-10,18H,5-8,11-17H2,1-4H3,(H,27,28). The van der Waals surface area contributed by atoms with E-state index < -0.39 is 5.60 Å². The summed E-state index contributed by atoms with van der Waals surface area (Å²) in [5.74, 6) is 2.15. The number of benzene rings is 1. The maximum absolute atomic E-state index is 11.9. The number of nitrogens with zero attached hydrogens (tertiary/aromatic N) is 5. The lowest BCUT2D eigenvalue weighted by Crippen LogP contribution is -2.38. The molecule has 10 nitrogen and oxygen atoms in total. The van der Waals surface area contributed by atoms with Crippen LogP contribution in [0.1, 0.15) is 52.3 Å².